The van der Waals surface area contributed by atoms with Gasteiger partial charge in [0.05, 0.1) is 11.1 Å². The molecule has 1 aromatic heterocycles. The van der Waals surface area contributed by atoms with E-state index in [-0.39, 0.29) is 5.91 Å². The molecule has 0 atom stereocenters. The fourth-order valence-electron chi connectivity index (χ4n) is 1.57. The van der Waals surface area contributed by atoms with E-state index in [0.717, 1.165) is 19.1 Å². The van der Waals surface area contributed by atoms with Crippen molar-refractivity contribution in [2.75, 3.05) is 6.54 Å². The number of nitrogens with two attached hydrogens (primary N) is 1. The number of rotatable bonds is 5. The summed E-state index contributed by atoms with van der Waals surface area (Å²) in [4.78, 5) is 22.7. The van der Waals surface area contributed by atoms with E-state index in [4.69, 9.17) is 5.73 Å². The maximum absolute atomic E-state index is 11.9. The third-order valence-electron chi connectivity index (χ3n) is 3.09. The first-order chi connectivity index (χ1) is 8.06. The molecule has 0 aromatic carbocycles. The van der Waals surface area contributed by atoms with Crippen molar-refractivity contribution in [2.24, 2.45) is 5.73 Å². The second kappa shape index (κ2) is 5.63. The lowest BCUT2D eigenvalue weighted by atomic mass is 9.92. The summed E-state index contributed by atoms with van der Waals surface area (Å²) >= 11 is 0. The molecule has 3 N–H and O–H groups in total. The minimum atomic E-state index is -0.474. The molecule has 0 spiro atoms. The maximum Gasteiger partial charge on any atom is 0.335 e. The third kappa shape index (κ3) is 3.17. The van der Waals surface area contributed by atoms with Gasteiger partial charge in [-0.15, -0.1) is 0 Å². The molecule has 0 fully saturated rings. The Kier molecular flexibility index (Phi) is 4.45. The lowest BCUT2D eigenvalue weighted by Crippen LogP contribution is -2.52. The molecular formula is C12H18N2O3. The van der Waals surface area contributed by atoms with Crippen molar-refractivity contribution in [2.45, 2.75) is 32.2 Å². The van der Waals surface area contributed by atoms with Crippen LogP contribution in [0.4, 0.5) is 0 Å². The summed E-state index contributed by atoms with van der Waals surface area (Å²) < 4.78 is 4.65. The first kappa shape index (κ1) is 13.4. The van der Waals surface area contributed by atoms with Crippen molar-refractivity contribution in [1.29, 1.82) is 0 Å². The van der Waals surface area contributed by atoms with Crippen molar-refractivity contribution >= 4 is 5.91 Å². The van der Waals surface area contributed by atoms with Crippen LogP contribution in [0.15, 0.2) is 27.6 Å². The molecule has 94 valence electrons. The fraction of sp³-hybridized carbons (Fsp3) is 0.500. The maximum atomic E-state index is 11.9. The van der Waals surface area contributed by atoms with Crippen LogP contribution < -0.4 is 16.7 Å². The Labute approximate surface area is 100 Å². The number of hydrogen-bond donors (Lipinski definition) is 2. The van der Waals surface area contributed by atoms with Crippen molar-refractivity contribution < 1.29 is 9.21 Å². The average Bonchev–Trinajstić information content (AvgIpc) is 2.37. The minimum absolute atomic E-state index is 0.275. The van der Waals surface area contributed by atoms with Gasteiger partial charge in [-0.1, -0.05) is 13.8 Å². The molecule has 0 aliphatic carbocycles. The molecule has 0 bridgehead atoms. The molecule has 1 heterocycles. The Balaban J connectivity index is 2.84. The van der Waals surface area contributed by atoms with Crippen LogP contribution >= 0.6 is 0 Å². The van der Waals surface area contributed by atoms with Crippen LogP contribution in [0.3, 0.4) is 0 Å². The van der Waals surface area contributed by atoms with Gasteiger partial charge in [0.15, 0.2) is 0 Å². The van der Waals surface area contributed by atoms with Crippen molar-refractivity contribution in [3.8, 4) is 0 Å². The second-order valence-electron chi connectivity index (χ2n) is 3.99. The van der Waals surface area contributed by atoms with E-state index < -0.39 is 11.2 Å². The van der Waals surface area contributed by atoms with Crippen LogP contribution in [0.2, 0.25) is 0 Å². The van der Waals surface area contributed by atoms with Gasteiger partial charge in [-0.2, -0.15) is 0 Å². The third-order valence-corrected chi connectivity index (χ3v) is 3.09. The zero-order valence-corrected chi connectivity index (χ0v) is 10.2. The van der Waals surface area contributed by atoms with E-state index in [9.17, 15) is 9.59 Å². The fourth-order valence-corrected chi connectivity index (χ4v) is 1.57. The lowest BCUT2D eigenvalue weighted by Gasteiger charge is -2.31. The molecule has 0 radical (unpaired) electrons. The Morgan fingerprint density at radius 1 is 1.41 bits per heavy atom. The van der Waals surface area contributed by atoms with Crippen LogP contribution in [0.25, 0.3) is 0 Å². The Morgan fingerprint density at radius 2 is 2.06 bits per heavy atom. The van der Waals surface area contributed by atoms with Gasteiger partial charge in [0.2, 0.25) is 0 Å². The predicted octanol–water partition coefficient (Wildman–Crippen LogP) is 0.887. The SMILES string of the molecule is CCC(CC)(CN)NC(=O)c1ccc(=O)oc1. The topological polar surface area (TPSA) is 85.3 Å². The molecule has 0 saturated heterocycles. The first-order valence-corrected chi connectivity index (χ1v) is 5.68. The van der Waals surface area contributed by atoms with Gasteiger partial charge in [-0.05, 0) is 18.9 Å². The van der Waals surface area contributed by atoms with Crippen molar-refractivity contribution in [3.63, 3.8) is 0 Å². The van der Waals surface area contributed by atoms with Crippen LogP contribution in [0.5, 0.6) is 0 Å². The molecule has 1 rings (SSSR count). The van der Waals surface area contributed by atoms with Gasteiger partial charge >= 0.3 is 5.63 Å². The van der Waals surface area contributed by atoms with Crippen LogP contribution in [-0.2, 0) is 0 Å². The summed E-state index contributed by atoms with van der Waals surface area (Å²) in [5.74, 6) is -0.275. The number of carbonyl (C=O) groups is 1. The quantitative estimate of drug-likeness (QED) is 0.797. The number of carbonyl (C=O) groups excluding carboxylic acids is 1. The minimum Gasteiger partial charge on any atom is -0.430 e. The van der Waals surface area contributed by atoms with Crippen LogP contribution in [0, 0.1) is 0 Å². The van der Waals surface area contributed by atoms with E-state index in [0.29, 0.717) is 12.1 Å². The summed E-state index contributed by atoms with van der Waals surface area (Å²) in [6.45, 7) is 4.33. The molecule has 5 heteroatoms. The highest BCUT2D eigenvalue weighted by molar-refractivity contribution is 5.94. The van der Waals surface area contributed by atoms with E-state index in [2.05, 4.69) is 9.73 Å². The summed E-state index contributed by atoms with van der Waals surface area (Å²) in [7, 11) is 0. The van der Waals surface area contributed by atoms with Gasteiger partial charge in [0, 0.05) is 12.6 Å². The predicted molar refractivity (Wildman–Crippen MR) is 64.8 cm³/mol. The number of nitrogens with one attached hydrogen (secondary N) is 1. The molecule has 0 aliphatic heterocycles. The van der Waals surface area contributed by atoms with E-state index in [1.807, 2.05) is 13.8 Å². The van der Waals surface area contributed by atoms with Crippen LogP contribution in [0.1, 0.15) is 37.0 Å². The zero-order chi connectivity index (χ0) is 12.9. The summed E-state index contributed by atoms with van der Waals surface area (Å²) in [6.07, 6.45) is 2.66. The van der Waals surface area contributed by atoms with E-state index in [1.54, 1.807) is 0 Å². The molecule has 1 amide bonds. The summed E-state index contributed by atoms with van der Waals surface area (Å²) in [5.41, 5.74) is 5.14. The van der Waals surface area contributed by atoms with Gasteiger partial charge in [0.25, 0.3) is 5.91 Å². The number of amides is 1. The standard InChI is InChI=1S/C12H18N2O3/c1-3-12(4-2,8-13)14-11(16)9-5-6-10(15)17-7-9/h5-7H,3-4,8,13H2,1-2H3,(H,14,16). The van der Waals surface area contributed by atoms with Gasteiger partial charge in [-0.3, -0.25) is 4.79 Å². The van der Waals surface area contributed by atoms with Gasteiger partial charge in [-0.25, -0.2) is 4.79 Å². The van der Waals surface area contributed by atoms with E-state index >= 15 is 0 Å². The lowest BCUT2D eigenvalue weighted by molar-refractivity contribution is 0.0893. The van der Waals surface area contributed by atoms with E-state index in [1.165, 1.54) is 12.1 Å². The van der Waals surface area contributed by atoms with Gasteiger partial charge in [0.1, 0.15) is 6.26 Å². The first-order valence-electron chi connectivity index (χ1n) is 5.68. The van der Waals surface area contributed by atoms with Crippen molar-refractivity contribution in [3.05, 3.63) is 34.4 Å². The normalized spacial score (nSPS) is 11.2. The molecule has 0 unspecified atom stereocenters. The Bertz CT molecular complexity index is 407. The Hall–Kier alpha value is -1.62. The highest BCUT2D eigenvalue weighted by atomic mass is 16.4. The molecule has 5 nitrogen and oxygen atoms in total. The Morgan fingerprint density at radius 3 is 2.47 bits per heavy atom. The van der Waals surface area contributed by atoms with Gasteiger partial charge < -0.3 is 15.5 Å². The zero-order valence-electron chi connectivity index (χ0n) is 10.2. The highest BCUT2D eigenvalue weighted by Gasteiger charge is 2.26. The van der Waals surface area contributed by atoms with Crippen molar-refractivity contribution in [1.82, 2.24) is 5.32 Å². The largest absolute Gasteiger partial charge is 0.430 e. The average molecular weight is 238 g/mol. The monoisotopic (exact) mass is 238 g/mol. The molecule has 1 aromatic rings. The smallest absolute Gasteiger partial charge is 0.335 e. The molecular weight excluding hydrogens is 220 g/mol. The molecule has 0 saturated carbocycles. The summed E-state index contributed by atoms with van der Waals surface area (Å²) in [5, 5.41) is 2.89. The summed E-state index contributed by atoms with van der Waals surface area (Å²) in [6, 6.07) is 2.66. The second-order valence-corrected chi connectivity index (χ2v) is 3.99. The van der Waals surface area contributed by atoms with Crippen LogP contribution in [-0.4, -0.2) is 18.0 Å². The highest BCUT2D eigenvalue weighted by Crippen LogP contribution is 2.14. The number of hydrogen-bond acceptors (Lipinski definition) is 4. The molecule has 0 aliphatic rings. The molecule has 17 heavy (non-hydrogen) atoms.